The Bertz CT molecular complexity index is 409. The third-order valence-electron chi connectivity index (χ3n) is 2.74. The van der Waals surface area contributed by atoms with Gasteiger partial charge in [-0.1, -0.05) is 12.1 Å². The molecule has 0 spiro atoms. The molecular weight excluding hydrogens is 275 g/mol. The van der Waals surface area contributed by atoms with E-state index >= 15 is 0 Å². The number of halogens is 3. The molecule has 0 heterocycles. The van der Waals surface area contributed by atoms with Gasteiger partial charge in [-0.25, -0.2) is 0 Å². The van der Waals surface area contributed by atoms with Crippen molar-refractivity contribution in [2.45, 2.75) is 25.4 Å². The van der Waals surface area contributed by atoms with Gasteiger partial charge in [0.2, 0.25) is 0 Å². The Labute approximate surface area is 115 Å². The third-order valence-corrected chi connectivity index (χ3v) is 3.44. The highest BCUT2D eigenvalue weighted by atomic mass is 32.2. The standard InChI is InChI=1S/C13H18F3NOS/c1-9-8-11(10(2)17-3)4-5-12(9)18-6-7-19-13(14,15)16/h4-5,8,10,17H,6-7H2,1-3H3. The van der Waals surface area contributed by atoms with Crippen LogP contribution >= 0.6 is 11.8 Å². The van der Waals surface area contributed by atoms with Crippen LogP contribution in [0.15, 0.2) is 18.2 Å². The summed E-state index contributed by atoms with van der Waals surface area (Å²) in [5.41, 5.74) is -2.14. The van der Waals surface area contributed by atoms with Crippen LogP contribution in [0.4, 0.5) is 13.2 Å². The second-order valence-electron chi connectivity index (χ2n) is 4.18. The highest BCUT2D eigenvalue weighted by Crippen LogP contribution is 2.30. The van der Waals surface area contributed by atoms with E-state index in [2.05, 4.69) is 5.32 Å². The predicted octanol–water partition coefficient (Wildman–Crippen LogP) is 3.91. The van der Waals surface area contributed by atoms with E-state index in [0.717, 1.165) is 11.1 Å². The van der Waals surface area contributed by atoms with Gasteiger partial charge < -0.3 is 10.1 Å². The quantitative estimate of drug-likeness (QED) is 0.804. The number of rotatable bonds is 6. The summed E-state index contributed by atoms with van der Waals surface area (Å²) in [7, 11) is 1.87. The van der Waals surface area contributed by atoms with Gasteiger partial charge in [-0.05, 0) is 49.9 Å². The fourth-order valence-corrected chi connectivity index (χ4v) is 1.98. The fraction of sp³-hybridized carbons (Fsp3) is 0.538. The maximum atomic E-state index is 11.9. The predicted molar refractivity (Wildman–Crippen MR) is 72.7 cm³/mol. The Morgan fingerprint density at radius 2 is 2.05 bits per heavy atom. The van der Waals surface area contributed by atoms with Crippen LogP contribution in [0, 0.1) is 6.92 Å². The summed E-state index contributed by atoms with van der Waals surface area (Å²) in [4.78, 5) is 0. The Balaban J connectivity index is 2.51. The minimum absolute atomic E-state index is 0.0476. The molecule has 0 aliphatic carbocycles. The minimum atomic E-state index is -4.19. The molecule has 0 radical (unpaired) electrons. The SMILES string of the molecule is CNC(C)c1ccc(OCCSC(F)(F)F)c(C)c1. The summed E-state index contributed by atoms with van der Waals surface area (Å²) < 4.78 is 41.2. The van der Waals surface area contributed by atoms with Gasteiger partial charge in [0.1, 0.15) is 5.75 Å². The number of hydrogen-bond donors (Lipinski definition) is 1. The van der Waals surface area contributed by atoms with Crippen molar-refractivity contribution < 1.29 is 17.9 Å². The van der Waals surface area contributed by atoms with Crippen LogP contribution in [0.5, 0.6) is 5.75 Å². The molecule has 19 heavy (non-hydrogen) atoms. The van der Waals surface area contributed by atoms with Crippen LogP contribution in [-0.2, 0) is 0 Å². The summed E-state index contributed by atoms with van der Waals surface area (Å²) >= 11 is -0.0647. The highest BCUT2D eigenvalue weighted by molar-refractivity contribution is 8.00. The monoisotopic (exact) mass is 293 g/mol. The molecule has 6 heteroatoms. The van der Waals surface area contributed by atoms with Crippen LogP contribution in [0.2, 0.25) is 0 Å². The molecule has 0 bridgehead atoms. The number of ether oxygens (including phenoxy) is 1. The Morgan fingerprint density at radius 1 is 1.37 bits per heavy atom. The molecule has 0 aliphatic rings. The number of alkyl halides is 3. The topological polar surface area (TPSA) is 21.3 Å². The third kappa shape index (κ3) is 5.74. The molecule has 1 N–H and O–H groups in total. The van der Waals surface area contributed by atoms with Crippen molar-refractivity contribution in [3.63, 3.8) is 0 Å². The van der Waals surface area contributed by atoms with E-state index in [1.54, 1.807) is 6.07 Å². The summed E-state index contributed by atoms with van der Waals surface area (Å²) in [5, 5.41) is 3.13. The summed E-state index contributed by atoms with van der Waals surface area (Å²) in [6, 6.07) is 5.93. The van der Waals surface area contributed by atoms with Crippen LogP contribution in [0.1, 0.15) is 24.1 Å². The van der Waals surface area contributed by atoms with Crippen molar-refractivity contribution >= 4 is 11.8 Å². The van der Waals surface area contributed by atoms with Crippen molar-refractivity contribution in [3.05, 3.63) is 29.3 Å². The van der Waals surface area contributed by atoms with E-state index in [1.165, 1.54) is 0 Å². The molecule has 0 fully saturated rings. The lowest BCUT2D eigenvalue weighted by molar-refractivity contribution is -0.0329. The molecule has 1 aromatic rings. The van der Waals surface area contributed by atoms with Gasteiger partial charge in [0.25, 0.3) is 0 Å². The van der Waals surface area contributed by atoms with Crippen LogP contribution in [0.25, 0.3) is 0 Å². The van der Waals surface area contributed by atoms with Crippen LogP contribution in [0.3, 0.4) is 0 Å². The normalized spacial score (nSPS) is 13.4. The lowest BCUT2D eigenvalue weighted by Gasteiger charge is -2.14. The smallest absolute Gasteiger partial charge is 0.441 e. The summed E-state index contributed by atoms with van der Waals surface area (Å²) in [6.07, 6.45) is 0. The molecule has 1 unspecified atom stereocenters. The molecule has 0 aliphatic heterocycles. The lowest BCUT2D eigenvalue weighted by Crippen LogP contribution is -2.12. The molecule has 1 rings (SSSR count). The second kappa shape index (κ2) is 7.05. The van der Waals surface area contributed by atoms with E-state index in [4.69, 9.17) is 4.74 Å². The van der Waals surface area contributed by atoms with Crippen LogP contribution in [-0.4, -0.2) is 24.9 Å². The second-order valence-corrected chi connectivity index (χ2v) is 5.34. The van der Waals surface area contributed by atoms with Crippen molar-refractivity contribution in [1.29, 1.82) is 0 Å². The van der Waals surface area contributed by atoms with Crippen molar-refractivity contribution in [2.24, 2.45) is 0 Å². The van der Waals surface area contributed by atoms with Gasteiger partial charge in [-0.15, -0.1) is 0 Å². The van der Waals surface area contributed by atoms with Crippen molar-refractivity contribution in [1.82, 2.24) is 5.32 Å². The molecule has 2 nitrogen and oxygen atoms in total. The first-order valence-corrected chi connectivity index (χ1v) is 6.93. The van der Waals surface area contributed by atoms with E-state index in [1.807, 2.05) is 33.0 Å². The molecule has 0 aromatic heterocycles. The summed E-state index contributed by atoms with van der Waals surface area (Å²) in [6.45, 7) is 3.97. The molecule has 0 saturated carbocycles. The van der Waals surface area contributed by atoms with Crippen molar-refractivity contribution in [3.8, 4) is 5.75 Å². The molecule has 108 valence electrons. The fourth-order valence-electron chi connectivity index (χ4n) is 1.58. The van der Waals surface area contributed by atoms with E-state index in [-0.39, 0.29) is 30.2 Å². The maximum Gasteiger partial charge on any atom is 0.441 e. The van der Waals surface area contributed by atoms with E-state index < -0.39 is 5.51 Å². The first-order valence-electron chi connectivity index (χ1n) is 5.95. The number of hydrogen-bond acceptors (Lipinski definition) is 3. The zero-order valence-electron chi connectivity index (χ0n) is 11.2. The first kappa shape index (κ1) is 16.2. The number of thioether (sulfide) groups is 1. The zero-order valence-corrected chi connectivity index (χ0v) is 12.0. The Hall–Kier alpha value is -0.880. The van der Waals surface area contributed by atoms with Crippen molar-refractivity contribution in [2.75, 3.05) is 19.4 Å². The minimum Gasteiger partial charge on any atom is -0.492 e. The van der Waals surface area contributed by atoms with Gasteiger partial charge in [-0.3, -0.25) is 0 Å². The highest BCUT2D eigenvalue weighted by Gasteiger charge is 2.27. The lowest BCUT2D eigenvalue weighted by atomic mass is 10.1. The van der Waals surface area contributed by atoms with Gasteiger partial charge in [0.15, 0.2) is 0 Å². The van der Waals surface area contributed by atoms with Gasteiger partial charge in [-0.2, -0.15) is 13.2 Å². The molecule has 1 atom stereocenters. The van der Waals surface area contributed by atoms with Gasteiger partial charge in [0, 0.05) is 11.8 Å². The van der Waals surface area contributed by atoms with Crippen LogP contribution < -0.4 is 10.1 Å². The Kier molecular flexibility index (Phi) is 6.00. The Morgan fingerprint density at radius 3 is 2.58 bits per heavy atom. The van der Waals surface area contributed by atoms with Gasteiger partial charge in [0.05, 0.1) is 6.61 Å². The van der Waals surface area contributed by atoms with Gasteiger partial charge >= 0.3 is 5.51 Å². The number of aryl methyl sites for hydroxylation is 1. The van der Waals surface area contributed by atoms with E-state index in [0.29, 0.717) is 5.75 Å². The average molecular weight is 293 g/mol. The first-order chi connectivity index (χ1) is 8.83. The molecule has 0 saturated heterocycles. The molecule has 0 amide bonds. The zero-order chi connectivity index (χ0) is 14.5. The largest absolute Gasteiger partial charge is 0.492 e. The molecular formula is C13H18F3NOS. The maximum absolute atomic E-state index is 11.9. The average Bonchev–Trinajstić information content (AvgIpc) is 2.33. The number of nitrogens with one attached hydrogen (secondary N) is 1. The molecule has 1 aromatic carbocycles. The summed E-state index contributed by atoms with van der Waals surface area (Å²) in [5.74, 6) is 0.535. The number of benzene rings is 1. The van der Waals surface area contributed by atoms with E-state index in [9.17, 15) is 13.2 Å².